The van der Waals surface area contributed by atoms with E-state index in [9.17, 15) is 0 Å². The molecule has 2 unspecified atom stereocenters. The summed E-state index contributed by atoms with van der Waals surface area (Å²) in [5, 5.41) is 3.01. The van der Waals surface area contributed by atoms with Gasteiger partial charge < -0.3 is 5.32 Å². The first-order valence-corrected chi connectivity index (χ1v) is 7.09. The minimum absolute atomic E-state index is 0.810. The molecular formula is C14H22N4. The van der Waals surface area contributed by atoms with Gasteiger partial charge in [-0.3, -0.25) is 9.88 Å². The van der Waals surface area contributed by atoms with Crippen LogP contribution in [0.1, 0.15) is 37.8 Å². The Morgan fingerprint density at radius 2 is 2.11 bits per heavy atom. The average molecular weight is 246 g/mol. The lowest BCUT2D eigenvalue weighted by atomic mass is 9.85. The van der Waals surface area contributed by atoms with Crippen LogP contribution in [0.15, 0.2) is 12.4 Å². The van der Waals surface area contributed by atoms with Gasteiger partial charge in [-0.05, 0) is 31.7 Å². The highest BCUT2D eigenvalue weighted by molar-refractivity contribution is 5.29. The number of nitrogens with zero attached hydrogens (tertiary/aromatic N) is 3. The molecule has 1 aromatic rings. The van der Waals surface area contributed by atoms with Crippen LogP contribution in [-0.4, -0.2) is 34.5 Å². The maximum atomic E-state index is 4.48. The highest BCUT2D eigenvalue weighted by atomic mass is 15.2. The highest BCUT2D eigenvalue weighted by Crippen LogP contribution is 2.36. The summed E-state index contributed by atoms with van der Waals surface area (Å²) in [5.74, 6) is 1.79. The molecule has 0 bridgehead atoms. The fraction of sp³-hybridized carbons (Fsp3) is 0.714. The second-order valence-corrected chi connectivity index (χ2v) is 5.51. The molecule has 4 heteroatoms. The summed E-state index contributed by atoms with van der Waals surface area (Å²) in [5.41, 5.74) is 1.10. The van der Waals surface area contributed by atoms with Crippen LogP contribution in [0.3, 0.4) is 0 Å². The number of hydrogen-bond donors (Lipinski definition) is 1. The molecule has 0 radical (unpaired) electrons. The predicted molar refractivity (Wildman–Crippen MR) is 72.4 cm³/mol. The number of rotatable bonds is 3. The van der Waals surface area contributed by atoms with Gasteiger partial charge in [0.15, 0.2) is 0 Å². The van der Waals surface area contributed by atoms with E-state index < -0.39 is 0 Å². The van der Waals surface area contributed by atoms with Gasteiger partial charge in [0.2, 0.25) is 0 Å². The van der Waals surface area contributed by atoms with Crippen molar-refractivity contribution in [1.29, 1.82) is 0 Å². The van der Waals surface area contributed by atoms with Crippen LogP contribution in [0, 0.1) is 5.92 Å². The molecular weight excluding hydrogens is 224 g/mol. The van der Waals surface area contributed by atoms with Crippen molar-refractivity contribution in [2.45, 2.75) is 44.7 Å². The number of hydrogen-bond acceptors (Lipinski definition) is 4. The summed E-state index contributed by atoms with van der Waals surface area (Å²) in [6, 6.07) is 0.810. The molecule has 18 heavy (non-hydrogen) atoms. The van der Waals surface area contributed by atoms with E-state index >= 15 is 0 Å². The van der Waals surface area contributed by atoms with Crippen LogP contribution in [0.2, 0.25) is 0 Å². The van der Waals surface area contributed by atoms with E-state index in [1.54, 1.807) is 0 Å². The van der Waals surface area contributed by atoms with E-state index in [4.69, 9.17) is 0 Å². The monoisotopic (exact) mass is 246 g/mol. The van der Waals surface area contributed by atoms with Gasteiger partial charge in [-0.2, -0.15) is 0 Å². The Balaban J connectivity index is 1.65. The minimum atomic E-state index is 0.810. The largest absolute Gasteiger partial charge is 0.372 e. The van der Waals surface area contributed by atoms with Gasteiger partial charge in [0.25, 0.3) is 0 Å². The molecule has 1 aromatic heterocycles. The third kappa shape index (κ3) is 2.34. The maximum absolute atomic E-state index is 4.48. The Hall–Kier alpha value is -1.16. The van der Waals surface area contributed by atoms with Crippen molar-refractivity contribution in [3.63, 3.8) is 0 Å². The standard InChI is InChI=1S/C14H22N4/c1-15-14-9-16-12(8-17-14)10-18-7-6-11-4-2-3-5-13(11)18/h8-9,11,13H,2-7,10H2,1H3,(H,15,17). The number of aromatic nitrogens is 2. The van der Waals surface area contributed by atoms with Crippen molar-refractivity contribution < 1.29 is 0 Å². The van der Waals surface area contributed by atoms with Crippen LogP contribution in [0.4, 0.5) is 5.82 Å². The third-order valence-electron chi connectivity index (χ3n) is 4.45. The van der Waals surface area contributed by atoms with E-state index in [0.29, 0.717) is 0 Å². The molecule has 2 fully saturated rings. The summed E-state index contributed by atoms with van der Waals surface area (Å²) in [6.45, 7) is 2.21. The predicted octanol–water partition coefficient (Wildman–Crippen LogP) is 2.28. The number of nitrogens with one attached hydrogen (secondary N) is 1. The molecule has 1 aliphatic carbocycles. The number of fused-ring (bicyclic) bond motifs is 1. The zero-order valence-electron chi connectivity index (χ0n) is 11.1. The molecule has 1 aliphatic heterocycles. The average Bonchev–Trinajstić information content (AvgIpc) is 2.83. The molecule has 2 heterocycles. The van der Waals surface area contributed by atoms with Crippen molar-refractivity contribution >= 4 is 5.82 Å². The van der Waals surface area contributed by atoms with Crippen LogP contribution < -0.4 is 5.32 Å². The number of likely N-dealkylation sites (tertiary alicyclic amines) is 1. The number of anilines is 1. The van der Waals surface area contributed by atoms with Crippen LogP contribution in [0.5, 0.6) is 0 Å². The summed E-state index contributed by atoms with van der Waals surface area (Å²) in [7, 11) is 1.87. The molecule has 0 amide bonds. The summed E-state index contributed by atoms with van der Waals surface area (Å²) < 4.78 is 0. The zero-order chi connectivity index (χ0) is 12.4. The van der Waals surface area contributed by atoms with Gasteiger partial charge in [0.05, 0.1) is 18.1 Å². The Morgan fingerprint density at radius 1 is 1.22 bits per heavy atom. The second kappa shape index (κ2) is 5.22. The van der Waals surface area contributed by atoms with E-state index in [2.05, 4.69) is 20.2 Å². The summed E-state index contributed by atoms with van der Waals surface area (Å²) in [4.78, 5) is 11.4. The molecule has 2 atom stereocenters. The first-order chi connectivity index (χ1) is 8.86. The smallest absolute Gasteiger partial charge is 0.144 e. The first kappa shape index (κ1) is 11.9. The third-order valence-corrected chi connectivity index (χ3v) is 4.45. The molecule has 98 valence electrons. The Morgan fingerprint density at radius 3 is 2.89 bits per heavy atom. The van der Waals surface area contributed by atoms with Crippen LogP contribution >= 0.6 is 0 Å². The molecule has 1 saturated heterocycles. The van der Waals surface area contributed by atoms with E-state index in [0.717, 1.165) is 30.0 Å². The van der Waals surface area contributed by atoms with Crippen LogP contribution in [0.25, 0.3) is 0 Å². The van der Waals surface area contributed by atoms with Gasteiger partial charge in [-0.1, -0.05) is 12.8 Å². The van der Waals surface area contributed by atoms with E-state index in [1.165, 1.54) is 38.6 Å². The SMILES string of the molecule is CNc1cnc(CN2CCC3CCCCC32)cn1. The maximum Gasteiger partial charge on any atom is 0.144 e. The first-order valence-electron chi connectivity index (χ1n) is 7.09. The quantitative estimate of drug-likeness (QED) is 0.888. The summed E-state index contributed by atoms with van der Waals surface area (Å²) >= 11 is 0. The molecule has 2 aliphatic rings. The van der Waals surface area contributed by atoms with Gasteiger partial charge in [-0.15, -0.1) is 0 Å². The second-order valence-electron chi connectivity index (χ2n) is 5.51. The van der Waals surface area contributed by atoms with Crippen molar-refractivity contribution in [3.05, 3.63) is 18.1 Å². The normalized spacial score (nSPS) is 28.1. The van der Waals surface area contributed by atoms with E-state index in [-0.39, 0.29) is 0 Å². The van der Waals surface area contributed by atoms with Gasteiger partial charge in [0.1, 0.15) is 5.82 Å². The van der Waals surface area contributed by atoms with Gasteiger partial charge >= 0.3 is 0 Å². The molecule has 4 nitrogen and oxygen atoms in total. The zero-order valence-corrected chi connectivity index (χ0v) is 11.1. The molecule has 0 aromatic carbocycles. The highest BCUT2D eigenvalue weighted by Gasteiger charge is 2.35. The molecule has 1 N–H and O–H groups in total. The Kier molecular flexibility index (Phi) is 3.46. The minimum Gasteiger partial charge on any atom is -0.372 e. The van der Waals surface area contributed by atoms with Crippen molar-refractivity contribution in [1.82, 2.24) is 14.9 Å². The molecule has 3 rings (SSSR count). The van der Waals surface area contributed by atoms with E-state index in [1.807, 2.05) is 19.4 Å². The van der Waals surface area contributed by atoms with Gasteiger partial charge in [-0.25, -0.2) is 4.98 Å². The fourth-order valence-electron chi connectivity index (χ4n) is 3.47. The lowest BCUT2D eigenvalue weighted by Gasteiger charge is -2.31. The lowest BCUT2D eigenvalue weighted by Crippen LogP contribution is -2.34. The Bertz CT molecular complexity index is 389. The van der Waals surface area contributed by atoms with Gasteiger partial charge in [0, 0.05) is 19.6 Å². The van der Waals surface area contributed by atoms with Crippen molar-refractivity contribution in [2.24, 2.45) is 5.92 Å². The Labute approximate surface area is 109 Å². The summed E-state index contributed by atoms with van der Waals surface area (Å²) in [6.07, 6.45) is 10.8. The fourth-order valence-corrected chi connectivity index (χ4v) is 3.47. The van der Waals surface area contributed by atoms with Crippen LogP contribution in [-0.2, 0) is 6.54 Å². The molecule has 0 spiro atoms. The molecule has 1 saturated carbocycles. The topological polar surface area (TPSA) is 41.1 Å². The van der Waals surface area contributed by atoms with Crippen molar-refractivity contribution in [2.75, 3.05) is 18.9 Å². The lowest BCUT2D eigenvalue weighted by molar-refractivity contribution is 0.174. The van der Waals surface area contributed by atoms with Crippen molar-refractivity contribution in [3.8, 4) is 0 Å².